The summed E-state index contributed by atoms with van der Waals surface area (Å²) in [4.78, 5) is 3.39. The number of ether oxygens (including phenoxy) is 1. The molecule has 1 N–H and O–H groups in total. The van der Waals surface area contributed by atoms with E-state index in [1.807, 2.05) is 13.1 Å². The van der Waals surface area contributed by atoms with Crippen molar-refractivity contribution in [2.75, 3.05) is 20.2 Å². The van der Waals surface area contributed by atoms with Gasteiger partial charge in [-0.05, 0) is 49.7 Å². The Labute approximate surface area is 135 Å². The zero-order chi connectivity index (χ0) is 15.9. The van der Waals surface area contributed by atoms with Gasteiger partial charge in [0.1, 0.15) is 18.5 Å². The maximum atomic E-state index is 10.1. The van der Waals surface area contributed by atoms with E-state index in [4.69, 9.17) is 10.00 Å². The number of benzene rings is 1. The van der Waals surface area contributed by atoms with E-state index >= 15 is 0 Å². The van der Waals surface area contributed by atoms with E-state index in [0.29, 0.717) is 17.9 Å². The van der Waals surface area contributed by atoms with E-state index in [0.717, 1.165) is 0 Å². The molecule has 1 aromatic heterocycles. The summed E-state index contributed by atoms with van der Waals surface area (Å²) in [5.41, 5.74) is 0.595. The van der Waals surface area contributed by atoms with E-state index < -0.39 is 6.10 Å². The first-order valence-corrected chi connectivity index (χ1v) is 8.02. The molecule has 4 nitrogen and oxygen atoms in total. The van der Waals surface area contributed by atoms with Crippen LogP contribution in [0.5, 0.6) is 5.75 Å². The highest BCUT2D eigenvalue weighted by molar-refractivity contribution is 7.10. The number of aliphatic hydroxyl groups is 1. The predicted molar refractivity (Wildman–Crippen MR) is 88.0 cm³/mol. The number of hydrogen-bond acceptors (Lipinski definition) is 5. The van der Waals surface area contributed by atoms with Gasteiger partial charge in [-0.2, -0.15) is 5.26 Å². The number of thiophene rings is 1. The summed E-state index contributed by atoms with van der Waals surface area (Å²) in [6, 6.07) is 13.3. The first-order chi connectivity index (χ1) is 10.6. The number of hydrogen-bond donors (Lipinski definition) is 1. The molecule has 1 heterocycles. The maximum Gasteiger partial charge on any atom is 0.119 e. The molecule has 0 saturated carbocycles. The molecule has 22 heavy (non-hydrogen) atoms. The largest absolute Gasteiger partial charge is 0.491 e. The van der Waals surface area contributed by atoms with Gasteiger partial charge in [0, 0.05) is 17.5 Å². The Morgan fingerprint density at radius 2 is 2.05 bits per heavy atom. The average Bonchev–Trinajstić information content (AvgIpc) is 3.07. The lowest BCUT2D eigenvalue weighted by Crippen LogP contribution is -2.34. The standard InChI is InChI=1S/C17H20N2O2S/c1-13(17-4-3-9-22-17)19(2)11-15(20)12-21-16-7-5-14(10-18)6-8-16/h3-9,13,15,20H,11-12H2,1-2H3. The second kappa shape index (κ2) is 7.95. The molecule has 0 fully saturated rings. The van der Waals surface area contributed by atoms with Crippen LogP contribution in [-0.4, -0.2) is 36.3 Å². The van der Waals surface area contributed by atoms with Crippen molar-refractivity contribution in [3.63, 3.8) is 0 Å². The van der Waals surface area contributed by atoms with Gasteiger partial charge < -0.3 is 9.84 Å². The Morgan fingerprint density at radius 1 is 1.32 bits per heavy atom. The molecule has 116 valence electrons. The third kappa shape index (κ3) is 4.57. The molecule has 0 saturated heterocycles. The van der Waals surface area contributed by atoms with Gasteiger partial charge in [0.05, 0.1) is 11.6 Å². The van der Waals surface area contributed by atoms with Gasteiger partial charge in [-0.1, -0.05) is 6.07 Å². The van der Waals surface area contributed by atoms with Gasteiger partial charge in [0.2, 0.25) is 0 Å². The van der Waals surface area contributed by atoms with Crippen LogP contribution < -0.4 is 4.74 Å². The molecule has 0 bridgehead atoms. The molecule has 2 unspecified atom stereocenters. The van der Waals surface area contributed by atoms with Gasteiger partial charge in [0.15, 0.2) is 0 Å². The van der Waals surface area contributed by atoms with Crippen molar-refractivity contribution in [1.29, 1.82) is 5.26 Å². The molecule has 2 aromatic rings. The molecule has 0 aliphatic heterocycles. The summed E-state index contributed by atoms with van der Waals surface area (Å²) >= 11 is 1.72. The van der Waals surface area contributed by atoms with Crippen LogP contribution in [0, 0.1) is 11.3 Å². The van der Waals surface area contributed by atoms with Crippen LogP contribution in [0.25, 0.3) is 0 Å². The minimum atomic E-state index is -0.567. The van der Waals surface area contributed by atoms with Crippen LogP contribution >= 0.6 is 11.3 Å². The van der Waals surface area contributed by atoms with Crippen LogP contribution in [0.4, 0.5) is 0 Å². The quantitative estimate of drug-likeness (QED) is 0.853. The lowest BCUT2D eigenvalue weighted by molar-refractivity contribution is 0.0658. The van der Waals surface area contributed by atoms with E-state index in [-0.39, 0.29) is 12.6 Å². The van der Waals surface area contributed by atoms with Crippen molar-refractivity contribution < 1.29 is 9.84 Å². The summed E-state index contributed by atoms with van der Waals surface area (Å²) in [6.45, 7) is 2.89. The molecular formula is C17H20N2O2S. The molecule has 0 radical (unpaired) electrons. The fraction of sp³-hybridized carbons (Fsp3) is 0.353. The van der Waals surface area contributed by atoms with Gasteiger partial charge in [-0.3, -0.25) is 4.90 Å². The second-order valence-corrected chi connectivity index (χ2v) is 6.21. The molecule has 0 aliphatic rings. The lowest BCUT2D eigenvalue weighted by Gasteiger charge is -2.26. The highest BCUT2D eigenvalue weighted by Gasteiger charge is 2.16. The second-order valence-electron chi connectivity index (χ2n) is 5.23. The summed E-state index contributed by atoms with van der Waals surface area (Å²) in [5, 5.41) is 20.9. The topological polar surface area (TPSA) is 56.5 Å². The van der Waals surface area contributed by atoms with Crippen molar-refractivity contribution in [2.24, 2.45) is 0 Å². The van der Waals surface area contributed by atoms with Crippen LogP contribution in [0.3, 0.4) is 0 Å². The van der Waals surface area contributed by atoms with Crippen molar-refractivity contribution in [2.45, 2.75) is 19.1 Å². The molecule has 2 atom stereocenters. The first-order valence-electron chi connectivity index (χ1n) is 7.15. The lowest BCUT2D eigenvalue weighted by atomic mass is 10.2. The number of likely N-dealkylation sites (N-methyl/N-ethyl adjacent to an activating group) is 1. The Bertz CT molecular complexity index is 605. The van der Waals surface area contributed by atoms with Crippen molar-refractivity contribution >= 4 is 11.3 Å². The minimum absolute atomic E-state index is 0.230. The smallest absolute Gasteiger partial charge is 0.119 e. The maximum absolute atomic E-state index is 10.1. The molecule has 5 heteroatoms. The Morgan fingerprint density at radius 3 is 2.64 bits per heavy atom. The Balaban J connectivity index is 1.79. The minimum Gasteiger partial charge on any atom is -0.491 e. The molecule has 1 aromatic carbocycles. The molecular weight excluding hydrogens is 296 g/mol. The van der Waals surface area contributed by atoms with E-state index in [1.165, 1.54) is 4.88 Å². The zero-order valence-electron chi connectivity index (χ0n) is 12.8. The summed E-state index contributed by atoms with van der Waals surface area (Å²) < 4.78 is 5.56. The number of nitrogens with zero attached hydrogens (tertiary/aromatic N) is 2. The Hall–Kier alpha value is -1.87. The van der Waals surface area contributed by atoms with Crippen LogP contribution in [-0.2, 0) is 0 Å². The summed E-state index contributed by atoms with van der Waals surface area (Å²) in [7, 11) is 2.00. The number of aliphatic hydroxyl groups excluding tert-OH is 1. The van der Waals surface area contributed by atoms with Crippen molar-refractivity contribution in [3.05, 3.63) is 52.2 Å². The van der Waals surface area contributed by atoms with Crippen molar-refractivity contribution in [3.8, 4) is 11.8 Å². The van der Waals surface area contributed by atoms with Crippen LogP contribution in [0.1, 0.15) is 23.4 Å². The third-order valence-corrected chi connectivity index (χ3v) is 4.58. The highest BCUT2D eigenvalue weighted by Crippen LogP contribution is 2.23. The highest BCUT2D eigenvalue weighted by atomic mass is 32.1. The number of rotatable bonds is 7. The molecule has 0 spiro atoms. The van der Waals surface area contributed by atoms with Gasteiger partial charge >= 0.3 is 0 Å². The summed E-state index contributed by atoms with van der Waals surface area (Å²) in [6.07, 6.45) is -0.567. The van der Waals surface area contributed by atoms with Crippen LogP contribution in [0.15, 0.2) is 41.8 Å². The third-order valence-electron chi connectivity index (χ3n) is 3.54. The van der Waals surface area contributed by atoms with Gasteiger partial charge in [0.25, 0.3) is 0 Å². The first kappa shape index (κ1) is 16.5. The SMILES string of the molecule is CC(c1cccs1)N(C)CC(O)COc1ccc(C#N)cc1. The fourth-order valence-electron chi connectivity index (χ4n) is 2.11. The van der Waals surface area contributed by atoms with E-state index in [2.05, 4.69) is 29.3 Å². The number of nitriles is 1. The van der Waals surface area contributed by atoms with E-state index in [9.17, 15) is 5.11 Å². The molecule has 0 amide bonds. The zero-order valence-corrected chi connectivity index (χ0v) is 13.6. The predicted octanol–water partition coefficient (Wildman–Crippen LogP) is 3.05. The van der Waals surface area contributed by atoms with E-state index in [1.54, 1.807) is 35.6 Å². The Kier molecular flexibility index (Phi) is 5.96. The van der Waals surface area contributed by atoms with Crippen molar-refractivity contribution in [1.82, 2.24) is 4.90 Å². The fourth-order valence-corrected chi connectivity index (χ4v) is 2.96. The van der Waals surface area contributed by atoms with Crippen LogP contribution in [0.2, 0.25) is 0 Å². The van der Waals surface area contributed by atoms with Gasteiger partial charge in [-0.25, -0.2) is 0 Å². The molecule has 2 rings (SSSR count). The van der Waals surface area contributed by atoms with Gasteiger partial charge in [-0.15, -0.1) is 11.3 Å². The average molecular weight is 316 g/mol. The monoisotopic (exact) mass is 316 g/mol. The summed E-state index contributed by atoms with van der Waals surface area (Å²) in [5.74, 6) is 0.659. The normalized spacial score (nSPS) is 13.6. The molecule has 0 aliphatic carbocycles.